The predicted molar refractivity (Wildman–Crippen MR) is 137 cm³/mol. The lowest BCUT2D eigenvalue weighted by molar-refractivity contribution is 0.0521. The van der Waals surface area contributed by atoms with Gasteiger partial charge in [0, 0.05) is 42.0 Å². The van der Waals surface area contributed by atoms with Gasteiger partial charge in [-0.2, -0.15) is 0 Å². The number of piperidine rings is 1. The zero-order chi connectivity index (χ0) is 26.2. The van der Waals surface area contributed by atoms with Crippen LogP contribution in [0.4, 0.5) is 4.79 Å². The molecule has 9 heteroatoms. The molecule has 1 aliphatic heterocycles. The number of nitrogens with one attached hydrogen (secondary N) is 2. The average Bonchev–Trinajstić information content (AvgIpc) is 3.37. The van der Waals surface area contributed by atoms with Gasteiger partial charge in [0.15, 0.2) is 5.76 Å². The van der Waals surface area contributed by atoms with Crippen molar-refractivity contribution in [3.63, 3.8) is 0 Å². The van der Waals surface area contributed by atoms with Gasteiger partial charge < -0.3 is 29.6 Å². The Morgan fingerprint density at radius 1 is 1.30 bits per heavy atom. The van der Waals surface area contributed by atoms with E-state index in [2.05, 4.69) is 32.6 Å². The Morgan fingerprint density at radius 3 is 2.70 bits per heavy atom. The van der Waals surface area contributed by atoms with Crippen LogP contribution in [0, 0.1) is 29.6 Å². The minimum Gasteiger partial charge on any atom is -0.444 e. The minimum atomic E-state index is -0.800. The molecule has 1 saturated carbocycles. The van der Waals surface area contributed by atoms with E-state index >= 15 is 0 Å². The number of amides is 1. The second kappa shape index (κ2) is 10.0. The molecule has 0 radical (unpaired) electrons. The van der Waals surface area contributed by atoms with E-state index in [1.165, 1.54) is 0 Å². The molecule has 0 spiro atoms. The van der Waals surface area contributed by atoms with Crippen molar-refractivity contribution in [2.24, 2.45) is 17.8 Å². The highest BCUT2D eigenvalue weighted by Gasteiger charge is 2.51. The number of rotatable bonds is 6. The number of fused-ring (bicyclic) bond motifs is 1. The highest BCUT2D eigenvalue weighted by atomic mass is 16.6. The summed E-state index contributed by atoms with van der Waals surface area (Å²) in [5.74, 6) is 9.75. The van der Waals surface area contributed by atoms with Gasteiger partial charge >= 0.3 is 6.09 Å². The Morgan fingerprint density at radius 2 is 2.03 bits per heavy atom. The number of alkyl carbamates (subject to hydrolysis) is 1. The molecule has 2 fully saturated rings. The largest absolute Gasteiger partial charge is 0.444 e. The molecule has 0 unspecified atom stereocenters. The van der Waals surface area contributed by atoms with Crippen LogP contribution in [-0.2, 0) is 4.74 Å². The predicted octanol–water partition coefficient (Wildman–Crippen LogP) is 3.52. The summed E-state index contributed by atoms with van der Waals surface area (Å²) in [6.07, 6.45) is 2.01. The Balaban J connectivity index is 1.33. The molecule has 2 aliphatic rings. The van der Waals surface area contributed by atoms with Crippen LogP contribution in [0.2, 0.25) is 0 Å². The van der Waals surface area contributed by atoms with Crippen molar-refractivity contribution >= 4 is 6.09 Å². The van der Waals surface area contributed by atoms with E-state index in [0.717, 1.165) is 36.1 Å². The van der Waals surface area contributed by atoms with Gasteiger partial charge in [0.05, 0.1) is 6.04 Å². The van der Waals surface area contributed by atoms with E-state index in [1.54, 1.807) is 44.7 Å². The molecule has 0 bridgehead atoms. The van der Waals surface area contributed by atoms with Crippen molar-refractivity contribution < 1.29 is 19.2 Å². The monoisotopic (exact) mass is 503 g/mol. The van der Waals surface area contributed by atoms with E-state index in [9.17, 15) is 9.90 Å². The van der Waals surface area contributed by atoms with E-state index < -0.39 is 23.8 Å². The first-order valence-electron chi connectivity index (χ1n) is 12.7. The smallest absolute Gasteiger partial charge is 0.407 e. The molecular weight excluding hydrogens is 470 g/mol. The molecule has 194 valence electrons. The summed E-state index contributed by atoms with van der Waals surface area (Å²) in [4.78, 5) is 16.6. The van der Waals surface area contributed by atoms with Crippen molar-refractivity contribution in [2.75, 3.05) is 19.6 Å². The first-order chi connectivity index (χ1) is 17.7. The number of benzene rings is 1. The van der Waals surface area contributed by atoms with Crippen molar-refractivity contribution in [1.29, 1.82) is 0 Å². The first kappa shape index (κ1) is 25.1. The Hall–Kier alpha value is -3.61. The molecule has 9 nitrogen and oxygen atoms in total. The maximum atomic E-state index is 12.3. The van der Waals surface area contributed by atoms with E-state index in [-0.39, 0.29) is 6.54 Å². The summed E-state index contributed by atoms with van der Waals surface area (Å²) in [6.45, 7) is 9.40. The molecule has 3 heterocycles. The number of carbonyl (C=O) groups is 1. The number of imidazole rings is 1. The molecule has 3 N–H and O–H groups in total. The van der Waals surface area contributed by atoms with Crippen LogP contribution >= 0.6 is 0 Å². The summed E-state index contributed by atoms with van der Waals surface area (Å²) in [5.41, 5.74) is 1.81. The van der Waals surface area contributed by atoms with Gasteiger partial charge in [-0.15, -0.1) is 0 Å². The zero-order valence-corrected chi connectivity index (χ0v) is 21.6. The molecule has 2 aromatic heterocycles. The fourth-order valence-corrected chi connectivity index (χ4v) is 4.85. The molecular formula is C28H33N5O4. The topological polar surface area (TPSA) is 114 Å². The lowest BCUT2D eigenvalue weighted by Crippen LogP contribution is -2.36. The minimum absolute atomic E-state index is 0.171. The van der Waals surface area contributed by atoms with Crippen LogP contribution in [0.5, 0.6) is 0 Å². The van der Waals surface area contributed by atoms with E-state index in [0.29, 0.717) is 23.2 Å². The molecule has 1 aromatic carbocycles. The van der Waals surface area contributed by atoms with E-state index in [4.69, 9.17) is 9.26 Å². The fraction of sp³-hybridized carbons (Fsp3) is 0.464. The maximum Gasteiger partial charge on any atom is 0.407 e. The van der Waals surface area contributed by atoms with Crippen LogP contribution < -0.4 is 10.6 Å². The highest BCUT2D eigenvalue weighted by molar-refractivity contribution is 5.67. The molecule has 1 saturated heterocycles. The van der Waals surface area contributed by atoms with E-state index in [1.807, 2.05) is 30.3 Å². The van der Waals surface area contributed by atoms with Crippen LogP contribution in [0.15, 0.2) is 47.2 Å². The van der Waals surface area contributed by atoms with Crippen molar-refractivity contribution in [1.82, 2.24) is 25.3 Å². The number of nitrogens with zero attached hydrogens (tertiary/aromatic N) is 3. The molecule has 1 amide bonds. The van der Waals surface area contributed by atoms with Gasteiger partial charge in [-0.1, -0.05) is 17.0 Å². The first-order valence-corrected chi connectivity index (χ1v) is 12.7. The zero-order valence-electron chi connectivity index (χ0n) is 21.6. The number of ether oxygens (including phenoxy) is 1. The molecule has 5 atom stereocenters. The summed E-state index contributed by atoms with van der Waals surface area (Å²) < 4.78 is 12.8. The lowest BCUT2D eigenvalue weighted by Gasteiger charge is -2.23. The number of aliphatic hydroxyl groups excluding tert-OH is 1. The second-order valence-corrected chi connectivity index (χ2v) is 10.7. The molecule has 37 heavy (non-hydrogen) atoms. The summed E-state index contributed by atoms with van der Waals surface area (Å²) in [7, 11) is 0. The molecule has 5 rings (SSSR count). The standard InChI is InChI=1S/C28H33N5O4/c1-17(34)26-30-11-12-33(26)24(16-31-27(35)36-28(2,3)4)23-13-25(37-32-23)19-8-5-18(6-9-19)7-10-20-21-14-29-15-22(20)21/h5-6,8-9,11-13,17,20-22,24,29,34H,14-16H2,1-4H3,(H,31,35)/t17-,20-,21-,22+,24+/m0/s1. The maximum absolute atomic E-state index is 12.3. The number of aromatic nitrogens is 3. The SMILES string of the molecule is C[C@H](O)c1nccn1[C@H](CNC(=O)OC(C)(C)C)c1cc(-c2ccc(C#C[C@@H]3[C@H]4CNC[C@@H]34)cc2)on1. The third kappa shape index (κ3) is 5.71. The Labute approximate surface area is 216 Å². The van der Waals surface area contributed by atoms with Crippen LogP contribution in [0.1, 0.15) is 56.9 Å². The molecule has 3 aromatic rings. The van der Waals surface area contributed by atoms with Crippen molar-refractivity contribution in [2.45, 2.75) is 45.4 Å². The van der Waals surface area contributed by atoms with Crippen molar-refractivity contribution in [3.8, 4) is 23.2 Å². The summed E-state index contributed by atoms with van der Waals surface area (Å²) in [6, 6.07) is 9.29. The highest BCUT2D eigenvalue weighted by Crippen LogP contribution is 2.48. The van der Waals surface area contributed by atoms with Gasteiger partial charge in [0.1, 0.15) is 23.2 Å². The Kier molecular flexibility index (Phi) is 6.80. The number of hydrogen-bond donors (Lipinski definition) is 3. The van der Waals surface area contributed by atoms with Crippen LogP contribution in [0.25, 0.3) is 11.3 Å². The normalized spacial score (nSPS) is 21.9. The average molecular weight is 504 g/mol. The number of hydrogen-bond acceptors (Lipinski definition) is 7. The van der Waals surface area contributed by atoms with Crippen LogP contribution in [0.3, 0.4) is 0 Å². The lowest BCUT2D eigenvalue weighted by atomic mass is 10.1. The third-order valence-electron chi connectivity index (χ3n) is 6.76. The Bertz CT molecular complexity index is 1300. The summed E-state index contributed by atoms with van der Waals surface area (Å²) in [5, 5.41) is 20.7. The van der Waals surface area contributed by atoms with Crippen LogP contribution in [-0.4, -0.2) is 51.1 Å². The summed E-state index contributed by atoms with van der Waals surface area (Å²) >= 11 is 0. The third-order valence-corrected chi connectivity index (χ3v) is 6.76. The molecule has 1 aliphatic carbocycles. The number of aliphatic hydroxyl groups is 1. The number of carbonyl (C=O) groups excluding carboxylic acids is 1. The second-order valence-electron chi connectivity index (χ2n) is 10.7. The van der Waals surface area contributed by atoms with Gasteiger partial charge in [-0.05, 0) is 76.9 Å². The fourth-order valence-electron chi connectivity index (χ4n) is 4.85. The quantitative estimate of drug-likeness (QED) is 0.441. The van der Waals surface area contributed by atoms with Crippen molar-refractivity contribution in [3.05, 3.63) is 59.8 Å². The van der Waals surface area contributed by atoms with Gasteiger partial charge in [0.25, 0.3) is 0 Å². The van der Waals surface area contributed by atoms with Gasteiger partial charge in [-0.25, -0.2) is 9.78 Å². The van der Waals surface area contributed by atoms with Gasteiger partial charge in [0.2, 0.25) is 0 Å². The van der Waals surface area contributed by atoms with Gasteiger partial charge in [-0.3, -0.25) is 0 Å².